The highest BCUT2D eigenvalue weighted by atomic mass is 19.4. The zero-order chi connectivity index (χ0) is 22.8. The molecule has 0 saturated carbocycles. The lowest BCUT2D eigenvalue weighted by Gasteiger charge is -2.16. The molecule has 162 valence electrons. The molecule has 10 heteroatoms. The summed E-state index contributed by atoms with van der Waals surface area (Å²) in [6.45, 7) is 1.48. The second-order valence-electron chi connectivity index (χ2n) is 6.84. The third kappa shape index (κ3) is 5.03. The number of anilines is 1. The number of benzene rings is 2. The summed E-state index contributed by atoms with van der Waals surface area (Å²) in [4.78, 5) is 39.1. The molecule has 0 aliphatic rings. The number of nitrogens with one attached hydrogen (secondary N) is 4. The summed E-state index contributed by atoms with van der Waals surface area (Å²) in [5, 5.41) is 7.95. The summed E-state index contributed by atoms with van der Waals surface area (Å²) in [5.74, 6) is -2.27. The first kappa shape index (κ1) is 21.9. The third-order valence-electron chi connectivity index (χ3n) is 4.62. The van der Waals surface area contributed by atoms with Crippen LogP contribution in [-0.4, -0.2) is 29.8 Å². The smallest absolute Gasteiger partial charge is 0.354 e. The predicted molar refractivity (Wildman–Crippen MR) is 108 cm³/mol. The zero-order valence-electron chi connectivity index (χ0n) is 16.6. The van der Waals surface area contributed by atoms with Crippen LogP contribution in [0.5, 0.6) is 0 Å². The molecule has 0 fully saturated rings. The molecule has 4 N–H and O–H groups in total. The van der Waals surface area contributed by atoms with Crippen molar-refractivity contribution < 1.29 is 27.6 Å². The van der Waals surface area contributed by atoms with Gasteiger partial charge in [-0.25, -0.2) is 0 Å². The fraction of sp³-hybridized carbons (Fsp3) is 0.190. The Morgan fingerprint density at radius 2 is 1.74 bits per heavy atom. The van der Waals surface area contributed by atoms with Gasteiger partial charge in [-0.05, 0) is 48.9 Å². The van der Waals surface area contributed by atoms with Crippen LogP contribution in [0.3, 0.4) is 0 Å². The molecule has 3 rings (SSSR count). The summed E-state index contributed by atoms with van der Waals surface area (Å²) in [5.41, 5.74) is 0.701. The Kier molecular flexibility index (Phi) is 6.00. The topological polar surface area (TPSA) is 103 Å². The maximum Gasteiger partial charge on any atom is 0.416 e. The molecular weight excluding hydrogens is 413 g/mol. The van der Waals surface area contributed by atoms with Crippen LogP contribution in [0, 0.1) is 0 Å². The van der Waals surface area contributed by atoms with Gasteiger partial charge in [0.05, 0.1) is 11.6 Å². The van der Waals surface area contributed by atoms with Crippen molar-refractivity contribution in [3.8, 4) is 0 Å². The first-order valence-electron chi connectivity index (χ1n) is 9.22. The molecule has 1 aromatic heterocycles. The number of hydrogen-bond donors (Lipinski definition) is 4. The average molecular weight is 432 g/mol. The molecule has 1 unspecified atom stereocenters. The molecule has 3 amide bonds. The van der Waals surface area contributed by atoms with E-state index in [-0.39, 0.29) is 11.5 Å². The van der Waals surface area contributed by atoms with Crippen LogP contribution >= 0.6 is 0 Å². The van der Waals surface area contributed by atoms with E-state index in [9.17, 15) is 27.6 Å². The summed E-state index contributed by atoms with van der Waals surface area (Å²) < 4.78 is 38.6. The molecule has 3 aromatic rings. The lowest BCUT2D eigenvalue weighted by atomic mass is 10.0. The van der Waals surface area contributed by atoms with Crippen LogP contribution in [0.25, 0.3) is 10.9 Å². The molecule has 7 nitrogen and oxygen atoms in total. The Hall–Kier alpha value is -3.82. The van der Waals surface area contributed by atoms with Crippen molar-refractivity contribution in [2.24, 2.45) is 0 Å². The molecule has 0 bridgehead atoms. The van der Waals surface area contributed by atoms with E-state index in [1.165, 1.54) is 26.1 Å². The molecule has 1 heterocycles. The van der Waals surface area contributed by atoms with Gasteiger partial charge in [-0.1, -0.05) is 12.1 Å². The predicted octanol–water partition coefficient (Wildman–Crippen LogP) is 3.36. The largest absolute Gasteiger partial charge is 0.416 e. The first-order valence-corrected chi connectivity index (χ1v) is 9.22. The van der Waals surface area contributed by atoms with Gasteiger partial charge in [0.15, 0.2) is 0 Å². The molecule has 0 aliphatic carbocycles. The minimum atomic E-state index is -4.51. The number of alkyl halides is 3. The van der Waals surface area contributed by atoms with E-state index in [1.807, 2.05) is 0 Å². The Bertz CT molecular complexity index is 1150. The van der Waals surface area contributed by atoms with Crippen LogP contribution in [-0.2, 0) is 15.8 Å². The van der Waals surface area contributed by atoms with Gasteiger partial charge < -0.3 is 20.9 Å². The van der Waals surface area contributed by atoms with Crippen molar-refractivity contribution in [3.05, 3.63) is 65.4 Å². The summed E-state index contributed by atoms with van der Waals surface area (Å²) in [6.07, 6.45) is -4.51. The molecule has 0 saturated heterocycles. The number of carbonyl (C=O) groups is 3. The van der Waals surface area contributed by atoms with Gasteiger partial charge in [0.1, 0.15) is 5.69 Å². The number of aromatic amines is 1. The quantitative estimate of drug-likeness (QED) is 0.476. The van der Waals surface area contributed by atoms with Crippen LogP contribution in [0.15, 0.2) is 48.5 Å². The van der Waals surface area contributed by atoms with Gasteiger partial charge in [-0.3, -0.25) is 14.4 Å². The third-order valence-corrected chi connectivity index (χ3v) is 4.62. The van der Waals surface area contributed by atoms with Crippen molar-refractivity contribution >= 4 is 34.3 Å². The minimum absolute atomic E-state index is 0.214. The van der Waals surface area contributed by atoms with Crippen LogP contribution < -0.4 is 16.0 Å². The van der Waals surface area contributed by atoms with Gasteiger partial charge in [-0.2, -0.15) is 13.2 Å². The molecule has 1 atom stereocenters. The summed E-state index contributed by atoms with van der Waals surface area (Å²) in [7, 11) is 1.50. The zero-order valence-corrected chi connectivity index (χ0v) is 16.6. The lowest BCUT2D eigenvalue weighted by Crippen LogP contribution is -2.37. The van der Waals surface area contributed by atoms with Gasteiger partial charge >= 0.3 is 18.0 Å². The van der Waals surface area contributed by atoms with Crippen LogP contribution in [0.1, 0.15) is 34.6 Å². The average Bonchev–Trinajstić information content (AvgIpc) is 3.16. The Labute approximate surface area is 175 Å². The van der Waals surface area contributed by atoms with Crippen LogP contribution in [0.4, 0.5) is 18.9 Å². The molecular formula is C21H19F3N4O3. The van der Waals surface area contributed by atoms with Crippen molar-refractivity contribution in [2.75, 3.05) is 12.4 Å². The van der Waals surface area contributed by atoms with Gasteiger partial charge in [0.25, 0.3) is 5.91 Å². The van der Waals surface area contributed by atoms with E-state index in [4.69, 9.17) is 0 Å². The molecule has 0 aliphatic heterocycles. The van der Waals surface area contributed by atoms with E-state index in [1.54, 1.807) is 24.3 Å². The van der Waals surface area contributed by atoms with Gasteiger partial charge in [-0.15, -0.1) is 0 Å². The lowest BCUT2D eigenvalue weighted by molar-refractivity contribution is -0.137. The molecule has 0 radical (unpaired) electrons. The fourth-order valence-electron chi connectivity index (χ4n) is 2.99. The van der Waals surface area contributed by atoms with Crippen molar-refractivity contribution in [3.63, 3.8) is 0 Å². The maximum absolute atomic E-state index is 12.9. The number of carbonyl (C=O) groups excluding carboxylic acids is 3. The first-order chi connectivity index (χ1) is 14.6. The monoisotopic (exact) mass is 432 g/mol. The molecule has 0 spiro atoms. The van der Waals surface area contributed by atoms with Crippen molar-refractivity contribution in [1.29, 1.82) is 0 Å². The van der Waals surface area contributed by atoms with E-state index in [0.29, 0.717) is 22.3 Å². The van der Waals surface area contributed by atoms with Gasteiger partial charge in [0.2, 0.25) is 0 Å². The minimum Gasteiger partial charge on any atom is -0.354 e. The number of fused-ring (bicyclic) bond motifs is 1. The van der Waals surface area contributed by atoms with Gasteiger partial charge in [0, 0.05) is 23.6 Å². The van der Waals surface area contributed by atoms with Crippen molar-refractivity contribution in [1.82, 2.24) is 15.6 Å². The molecule has 31 heavy (non-hydrogen) atoms. The van der Waals surface area contributed by atoms with E-state index >= 15 is 0 Å². The highest BCUT2D eigenvalue weighted by Gasteiger charge is 2.31. The standard InChI is InChI=1S/C21H19F3N4O3/c1-11(12-4-3-5-14(8-12)21(22,23)24)26-19(30)20(31)27-15-6-7-16-13(9-15)10-17(28-16)18(29)25-2/h3-11,28H,1-2H3,(H,25,29)(H,26,30)(H,27,31). The number of rotatable bonds is 4. The number of amides is 3. The second-order valence-corrected chi connectivity index (χ2v) is 6.84. The SMILES string of the molecule is CNC(=O)c1cc2cc(NC(=O)C(=O)NC(C)c3cccc(C(F)(F)F)c3)ccc2[nH]1. The number of aromatic nitrogens is 1. The fourth-order valence-corrected chi connectivity index (χ4v) is 2.99. The number of H-pyrrole nitrogens is 1. The highest BCUT2D eigenvalue weighted by Crippen LogP contribution is 2.30. The summed E-state index contributed by atoms with van der Waals surface area (Å²) >= 11 is 0. The second kappa shape index (κ2) is 8.50. The van der Waals surface area contributed by atoms with Crippen molar-refractivity contribution in [2.45, 2.75) is 19.1 Å². The summed E-state index contributed by atoms with van der Waals surface area (Å²) in [6, 6.07) is 10.1. The number of hydrogen-bond acceptors (Lipinski definition) is 3. The van der Waals surface area contributed by atoms with E-state index < -0.39 is 29.6 Å². The molecule has 2 aromatic carbocycles. The Balaban J connectivity index is 1.68. The van der Waals surface area contributed by atoms with Crippen LogP contribution in [0.2, 0.25) is 0 Å². The highest BCUT2D eigenvalue weighted by molar-refractivity contribution is 6.39. The van der Waals surface area contributed by atoms with E-state index in [0.717, 1.165) is 12.1 Å². The Morgan fingerprint density at radius 3 is 2.42 bits per heavy atom. The van der Waals surface area contributed by atoms with E-state index in [2.05, 4.69) is 20.9 Å². The maximum atomic E-state index is 12.9. The Morgan fingerprint density at radius 1 is 1.00 bits per heavy atom. The normalized spacial score (nSPS) is 12.3. The number of halogens is 3.